The van der Waals surface area contributed by atoms with Crippen LogP contribution in [0.3, 0.4) is 0 Å². The van der Waals surface area contributed by atoms with Gasteiger partial charge in [-0.1, -0.05) is 18.2 Å². The molecule has 0 spiro atoms. The lowest BCUT2D eigenvalue weighted by atomic mass is 10.2. The summed E-state index contributed by atoms with van der Waals surface area (Å²) >= 11 is 3.14. The topological polar surface area (TPSA) is 33.2 Å². The van der Waals surface area contributed by atoms with Gasteiger partial charge in [-0.05, 0) is 30.5 Å². The fourth-order valence-electron chi connectivity index (χ4n) is 2.08. The number of anilines is 1. The number of hydrogen-bond donors (Lipinski definition) is 0. The molecule has 0 atom stereocenters. The number of aromatic nitrogens is 1. The Morgan fingerprint density at radius 1 is 1.19 bits per heavy atom. The van der Waals surface area contributed by atoms with Gasteiger partial charge in [-0.15, -0.1) is 11.3 Å². The molecule has 0 bridgehead atoms. The van der Waals surface area contributed by atoms with E-state index in [4.69, 9.17) is 0 Å². The molecule has 5 heteroatoms. The van der Waals surface area contributed by atoms with Crippen molar-refractivity contribution >= 4 is 34.3 Å². The highest BCUT2D eigenvalue weighted by molar-refractivity contribution is 7.14. The molecular formula is C16H14N2OS2. The van der Waals surface area contributed by atoms with E-state index in [9.17, 15) is 4.79 Å². The molecule has 0 aliphatic rings. The van der Waals surface area contributed by atoms with Gasteiger partial charge in [-0.25, -0.2) is 4.98 Å². The summed E-state index contributed by atoms with van der Waals surface area (Å²) < 4.78 is 0. The molecule has 0 saturated heterocycles. The SMILES string of the molecule is CCN(C(=O)c1csc(-c2ccsc2)n1)c1ccccc1. The summed E-state index contributed by atoms with van der Waals surface area (Å²) in [6.07, 6.45) is 0. The van der Waals surface area contributed by atoms with Crippen LogP contribution in [-0.2, 0) is 0 Å². The Morgan fingerprint density at radius 3 is 2.67 bits per heavy atom. The third-order valence-corrected chi connectivity index (χ3v) is 4.70. The van der Waals surface area contributed by atoms with Crippen molar-refractivity contribution < 1.29 is 4.79 Å². The minimum atomic E-state index is -0.0542. The number of amides is 1. The molecule has 106 valence electrons. The Hall–Kier alpha value is -1.98. The molecule has 3 rings (SSSR count). The number of carbonyl (C=O) groups is 1. The summed E-state index contributed by atoms with van der Waals surface area (Å²) in [4.78, 5) is 18.9. The van der Waals surface area contributed by atoms with Gasteiger partial charge in [0, 0.05) is 28.6 Å². The quantitative estimate of drug-likeness (QED) is 0.708. The van der Waals surface area contributed by atoms with Gasteiger partial charge < -0.3 is 4.90 Å². The van der Waals surface area contributed by atoms with Gasteiger partial charge in [-0.3, -0.25) is 4.79 Å². The molecule has 0 saturated carbocycles. The van der Waals surface area contributed by atoms with Crippen LogP contribution in [0.2, 0.25) is 0 Å². The van der Waals surface area contributed by atoms with Crippen molar-refractivity contribution in [2.24, 2.45) is 0 Å². The number of nitrogens with zero attached hydrogens (tertiary/aromatic N) is 2. The van der Waals surface area contributed by atoms with Crippen LogP contribution in [0.1, 0.15) is 17.4 Å². The molecule has 0 aliphatic heterocycles. The average molecular weight is 314 g/mol. The minimum Gasteiger partial charge on any atom is -0.307 e. The third-order valence-electron chi connectivity index (χ3n) is 3.12. The number of carbonyl (C=O) groups excluding carboxylic acids is 1. The van der Waals surface area contributed by atoms with Gasteiger partial charge in [-0.2, -0.15) is 11.3 Å². The molecule has 3 nitrogen and oxygen atoms in total. The third kappa shape index (κ3) is 2.89. The molecular weight excluding hydrogens is 300 g/mol. The van der Waals surface area contributed by atoms with E-state index in [-0.39, 0.29) is 5.91 Å². The van der Waals surface area contributed by atoms with Gasteiger partial charge in [0.25, 0.3) is 5.91 Å². The number of hydrogen-bond acceptors (Lipinski definition) is 4. The van der Waals surface area contributed by atoms with Crippen molar-refractivity contribution in [1.82, 2.24) is 4.98 Å². The molecule has 0 aliphatic carbocycles. The molecule has 2 heterocycles. The minimum absolute atomic E-state index is 0.0542. The van der Waals surface area contributed by atoms with Crippen molar-refractivity contribution in [3.8, 4) is 10.6 Å². The predicted molar refractivity (Wildman–Crippen MR) is 89.2 cm³/mol. The van der Waals surface area contributed by atoms with Crippen LogP contribution >= 0.6 is 22.7 Å². The first kappa shape index (κ1) is 14.0. The molecule has 0 N–H and O–H groups in total. The Labute approximate surface area is 131 Å². The predicted octanol–water partition coefficient (Wildman–Crippen LogP) is 4.54. The standard InChI is InChI=1S/C16H14N2OS2/c1-2-18(13-6-4-3-5-7-13)16(19)14-11-21-15(17-14)12-8-9-20-10-12/h3-11H,2H2,1H3. The highest BCUT2D eigenvalue weighted by Gasteiger charge is 2.19. The van der Waals surface area contributed by atoms with E-state index >= 15 is 0 Å². The van der Waals surface area contributed by atoms with Crippen molar-refractivity contribution in [3.05, 3.63) is 58.2 Å². The normalized spacial score (nSPS) is 10.5. The molecule has 1 amide bonds. The largest absolute Gasteiger partial charge is 0.307 e. The summed E-state index contributed by atoms with van der Waals surface area (Å²) in [6.45, 7) is 2.59. The zero-order valence-corrected chi connectivity index (χ0v) is 13.2. The van der Waals surface area contributed by atoms with E-state index in [0.29, 0.717) is 12.2 Å². The van der Waals surface area contributed by atoms with Crippen LogP contribution in [0.5, 0.6) is 0 Å². The van der Waals surface area contributed by atoms with E-state index < -0.39 is 0 Å². The summed E-state index contributed by atoms with van der Waals surface area (Å²) in [7, 11) is 0. The smallest absolute Gasteiger partial charge is 0.277 e. The van der Waals surface area contributed by atoms with Gasteiger partial charge in [0.1, 0.15) is 10.7 Å². The van der Waals surface area contributed by atoms with Crippen LogP contribution in [0.4, 0.5) is 5.69 Å². The second-order valence-corrected chi connectivity index (χ2v) is 6.07. The monoisotopic (exact) mass is 314 g/mol. The van der Waals surface area contributed by atoms with E-state index in [1.165, 1.54) is 11.3 Å². The van der Waals surface area contributed by atoms with E-state index in [1.54, 1.807) is 16.2 Å². The molecule has 0 fully saturated rings. The van der Waals surface area contributed by atoms with Crippen LogP contribution in [-0.4, -0.2) is 17.4 Å². The molecule has 3 aromatic rings. The lowest BCUT2D eigenvalue weighted by Crippen LogP contribution is -2.30. The number of para-hydroxylation sites is 1. The second-order valence-electron chi connectivity index (χ2n) is 4.43. The summed E-state index contributed by atoms with van der Waals surface area (Å²) in [5.74, 6) is -0.0542. The zero-order valence-electron chi connectivity index (χ0n) is 11.5. The molecule has 2 aromatic heterocycles. The summed E-state index contributed by atoms with van der Waals surface area (Å²) in [5.41, 5.74) is 2.48. The maximum absolute atomic E-state index is 12.6. The average Bonchev–Trinajstić information content (AvgIpc) is 3.20. The van der Waals surface area contributed by atoms with E-state index in [1.807, 2.05) is 59.5 Å². The number of thiophene rings is 1. The lowest BCUT2D eigenvalue weighted by Gasteiger charge is -2.19. The first-order valence-electron chi connectivity index (χ1n) is 6.64. The van der Waals surface area contributed by atoms with Crippen LogP contribution in [0.15, 0.2) is 52.5 Å². The highest BCUT2D eigenvalue weighted by atomic mass is 32.1. The summed E-state index contributed by atoms with van der Waals surface area (Å²) in [6, 6.07) is 11.7. The maximum atomic E-state index is 12.6. The van der Waals surface area contributed by atoms with Crippen LogP contribution < -0.4 is 4.90 Å². The maximum Gasteiger partial charge on any atom is 0.277 e. The fraction of sp³-hybridized carbons (Fsp3) is 0.125. The number of benzene rings is 1. The van der Waals surface area contributed by atoms with Crippen molar-refractivity contribution in [3.63, 3.8) is 0 Å². The van der Waals surface area contributed by atoms with Gasteiger partial charge in [0.15, 0.2) is 0 Å². The van der Waals surface area contributed by atoms with Gasteiger partial charge in [0.2, 0.25) is 0 Å². The summed E-state index contributed by atoms with van der Waals surface area (Å²) in [5, 5.41) is 6.78. The lowest BCUT2D eigenvalue weighted by molar-refractivity contribution is 0.0984. The molecule has 21 heavy (non-hydrogen) atoms. The highest BCUT2D eigenvalue weighted by Crippen LogP contribution is 2.26. The first-order chi connectivity index (χ1) is 10.3. The van der Waals surface area contributed by atoms with Gasteiger partial charge in [0.05, 0.1) is 0 Å². The number of thiazole rings is 1. The second kappa shape index (κ2) is 6.20. The Balaban J connectivity index is 1.88. The molecule has 0 radical (unpaired) electrons. The fourth-order valence-corrected chi connectivity index (χ4v) is 3.59. The number of rotatable bonds is 4. The Kier molecular flexibility index (Phi) is 4.13. The van der Waals surface area contributed by atoms with E-state index in [2.05, 4.69) is 4.98 Å². The van der Waals surface area contributed by atoms with Gasteiger partial charge >= 0.3 is 0 Å². The molecule has 1 aromatic carbocycles. The zero-order chi connectivity index (χ0) is 14.7. The van der Waals surface area contributed by atoms with Crippen LogP contribution in [0.25, 0.3) is 10.6 Å². The molecule has 0 unspecified atom stereocenters. The van der Waals surface area contributed by atoms with Crippen molar-refractivity contribution in [2.75, 3.05) is 11.4 Å². The van der Waals surface area contributed by atoms with Crippen molar-refractivity contribution in [2.45, 2.75) is 6.92 Å². The van der Waals surface area contributed by atoms with E-state index in [0.717, 1.165) is 16.3 Å². The van der Waals surface area contributed by atoms with Crippen LogP contribution in [0, 0.1) is 0 Å². The van der Waals surface area contributed by atoms with Crippen molar-refractivity contribution in [1.29, 1.82) is 0 Å². The first-order valence-corrected chi connectivity index (χ1v) is 8.47. The Morgan fingerprint density at radius 2 is 2.00 bits per heavy atom. The Bertz CT molecular complexity index is 720.